The Hall–Kier alpha value is -3.07. The minimum absolute atomic E-state index is 0.0369. The van der Waals surface area contributed by atoms with Gasteiger partial charge in [-0.1, -0.05) is 0 Å². The molecule has 26 heavy (non-hydrogen) atoms. The van der Waals surface area contributed by atoms with Crippen LogP contribution >= 0.6 is 0 Å². The van der Waals surface area contributed by atoms with Crippen LogP contribution in [0.4, 0.5) is 5.69 Å². The summed E-state index contributed by atoms with van der Waals surface area (Å²) in [5.74, 6) is 0.719. The smallest absolute Gasteiger partial charge is 0.269 e. The third-order valence-corrected chi connectivity index (χ3v) is 4.90. The Labute approximate surface area is 150 Å². The van der Waals surface area contributed by atoms with Gasteiger partial charge in [0.25, 0.3) is 5.69 Å². The van der Waals surface area contributed by atoms with Crippen LogP contribution in [0.5, 0.6) is 17.2 Å². The highest BCUT2D eigenvalue weighted by molar-refractivity contribution is 7.94. The van der Waals surface area contributed by atoms with E-state index >= 15 is 0 Å². The average Bonchev–Trinajstić information content (AvgIpc) is 2.65. The van der Waals surface area contributed by atoms with Gasteiger partial charge in [0.15, 0.2) is 21.3 Å². The lowest BCUT2D eigenvalue weighted by molar-refractivity contribution is -0.384. The lowest BCUT2D eigenvalue weighted by Gasteiger charge is -2.13. The molecule has 138 valence electrons. The molecule has 0 radical (unpaired) electrons. The number of benzene rings is 2. The lowest BCUT2D eigenvalue weighted by atomic mass is 10.2. The van der Waals surface area contributed by atoms with E-state index in [1.54, 1.807) is 0 Å². The SMILES string of the molecule is COc1cc(S(=O)(=O)/C=C/c2ccc([N+](=O)[O-])cc2)cc(OC)c1OC. The van der Waals surface area contributed by atoms with Crippen molar-refractivity contribution >= 4 is 21.6 Å². The normalized spacial score (nSPS) is 11.3. The monoisotopic (exact) mass is 379 g/mol. The minimum atomic E-state index is -3.81. The van der Waals surface area contributed by atoms with Crippen molar-refractivity contribution in [3.63, 3.8) is 0 Å². The molecule has 0 unspecified atom stereocenters. The summed E-state index contributed by atoms with van der Waals surface area (Å²) in [4.78, 5) is 10.1. The molecule has 0 heterocycles. The topological polar surface area (TPSA) is 105 Å². The number of nitrogens with zero attached hydrogens (tertiary/aromatic N) is 1. The Morgan fingerprint density at radius 2 is 1.50 bits per heavy atom. The van der Waals surface area contributed by atoms with Crippen LogP contribution < -0.4 is 14.2 Å². The fourth-order valence-corrected chi connectivity index (χ4v) is 3.21. The third-order valence-electron chi connectivity index (χ3n) is 3.51. The van der Waals surface area contributed by atoms with Gasteiger partial charge in [0, 0.05) is 29.7 Å². The number of non-ortho nitro benzene ring substituents is 1. The second kappa shape index (κ2) is 7.87. The van der Waals surface area contributed by atoms with E-state index in [1.807, 2.05) is 0 Å². The molecule has 0 amide bonds. The highest BCUT2D eigenvalue weighted by atomic mass is 32.2. The molecule has 0 spiro atoms. The second-order valence-corrected chi connectivity index (χ2v) is 6.89. The maximum absolute atomic E-state index is 12.6. The van der Waals surface area contributed by atoms with Crippen molar-refractivity contribution in [1.82, 2.24) is 0 Å². The molecule has 0 aromatic heterocycles. The molecular formula is C17H17NO7S. The molecular weight excluding hydrogens is 362 g/mol. The van der Waals surface area contributed by atoms with Gasteiger partial charge in [-0.25, -0.2) is 8.42 Å². The number of rotatable bonds is 7. The zero-order valence-corrected chi connectivity index (χ0v) is 15.1. The predicted molar refractivity (Wildman–Crippen MR) is 95.4 cm³/mol. The van der Waals surface area contributed by atoms with Gasteiger partial charge in [-0.3, -0.25) is 10.1 Å². The molecule has 2 aromatic carbocycles. The predicted octanol–water partition coefficient (Wildman–Crippen LogP) is 3.07. The molecule has 0 atom stereocenters. The average molecular weight is 379 g/mol. The molecule has 0 aliphatic heterocycles. The largest absolute Gasteiger partial charge is 0.493 e. The summed E-state index contributed by atoms with van der Waals surface area (Å²) >= 11 is 0. The van der Waals surface area contributed by atoms with E-state index in [4.69, 9.17) is 14.2 Å². The first kappa shape index (κ1) is 19.3. The number of hydrogen-bond donors (Lipinski definition) is 0. The van der Waals surface area contributed by atoms with Gasteiger partial charge >= 0.3 is 0 Å². The summed E-state index contributed by atoms with van der Waals surface area (Å²) < 4.78 is 40.6. The van der Waals surface area contributed by atoms with Crippen molar-refractivity contribution in [2.75, 3.05) is 21.3 Å². The Kier molecular flexibility index (Phi) is 5.83. The molecule has 0 saturated carbocycles. The van der Waals surface area contributed by atoms with Crippen LogP contribution in [0.2, 0.25) is 0 Å². The molecule has 0 aliphatic rings. The Balaban J connectivity index is 2.39. The van der Waals surface area contributed by atoms with Crippen molar-refractivity contribution in [2.45, 2.75) is 4.90 Å². The summed E-state index contributed by atoms with van der Waals surface area (Å²) in [7, 11) is 0.393. The summed E-state index contributed by atoms with van der Waals surface area (Å²) in [6, 6.07) is 8.17. The molecule has 9 heteroatoms. The van der Waals surface area contributed by atoms with Crippen LogP contribution in [-0.4, -0.2) is 34.7 Å². The van der Waals surface area contributed by atoms with Crippen molar-refractivity contribution in [3.8, 4) is 17.2 Å². The second-order valence-electron chi connectivity index (χ2n) is 5.06. The van der Waals surface area contributed by atoms with E-state index in [2.05, 4.69) is 0 Å². The number of hydrogen-bond acceptors (Lipinski definition) is 7. The molecule has 0 N–H and O–H groups in total. The van der Waals surface area contributed by atoms with Gasteiger partial charge in [-0.2, -0.15) is 0 Å². The van der Waals surface area contributed by atoms with Gasteiger partial charge < -0.3 is 14.2 Å². The first-order valence-corrected chi connectivity index (χ1v) is 8.84. The Bertz CT molecular complexity index is 909. The van der Waals surface area contributed by atoms with Crippen LogP contribution in [0.1, 0.15) is 5.56 Å². The minimum Gasteiger partial charge on any atom is -0.493 e. The maximum atomic E-state index is 12.6. The summed E-state index contributed by atoms with van der Waals surface area (Å²) in [6.45, 7) is 0. The van der Waals surface area contributed by atoms with Crippen molar-refractivity contribution in [3.05, 3.63) is 57.5 Å². The van der Waals surface area contributed by atoms with Crippen molar-refractivity contribution in [1.29, 1.82) is 0 Å². The fraction of sp³-hybridized carbons (Fsp3) is 0.176. The highest BCUT2D eigenvalue weighted by Crippen LogP contribution is 2.39. The van der Waals surface area contributed by atoms with Gasteiger partial charge in [0.1, 0.15) is 0 Å². The van der Waals surface area contributed by atoms with Crippen LogP contribution in [-0.2, 0) is 9.84 Å². The zero-order chi connectivity index (χ0) is 19.3. The highest BCUT2D eigenvalue weighted by Gasteiger charge is 2.19. The van der Waals surface area contributed by atoms with E-state index < -0.39 is 14.8 Å². The molecule has 2 rings (SSSR count). The lowest BCUT2D eigenvalue weighted by Crippen LogP contribution is -2.01. The zero-order valence-electron chi connectivity index (χ0n) is 14.3. The standard InChI is InChI=1S/C17H17NO7S/c1-23-15-10-14(11-16(24-2)17(15)25-3)26(21,22)9-8-12-4-6-13(7-5-12)18(19)20/h4-11H,1-3H3/b9-8+. The summed E-state index contributed by atoms with van der Waals surface area (Å²) in [6.07, 6.45) is 1.35. The van der Waals surface area contributed by atoms with Crippen LogP contribution in [0, 0.1) is 10.1 Å². The van der Waals surface area contributed by atoms with Gasteiger partial charge in [-0.05, 0) is 23.8 Å². The first-order valence-electron chi connectivity index (χ1n) is 7.30. The van der Waals surface area contributed by atoms with Crippen LogP contribution in [0.3, 0.4) is 0 Å². The molecule has 2 aromatic rings. The molecule has 0 aliphatic carbocycles. The van der Waals surface area contributed by atoms with Crippen LogP contribution in [0.25, 0.3) is 6.08 Å². The van der Waals surface area contributed by atoms with Gasteiger partial charge in [0.05, 0.1) is 31.1 Å². The van der Waals surface area contributed by atoms with Crippen LogP contribution in [0.15, 0.2) is 46.7 Å². The first-order chi connectivity index (χ1) is 12.3. The van der Waals surface area contributed by atoms with E-state index in [0.717, 1.165) is 5.41 Å². The number of nitro groups is 1. The summed E-state index contributed by atoms with van der Waals surface area (Å²) in [5, 5.41) is 11.7. The molecule has 8 nitrogen and oxygen atoms in total. The number of nitro benzene ring substituents is 1. The number of ether oxygens (including phenoxy) is 3. The van der Waals surface area contributed by atoms with Gasteiger partial charge in [0.2, 0.25) is 5.75 Å². The maximum Gasteiger partial charge on any atom is 0.269 e. The Morgan fingerprint density at radius 3 is 1.92 bits per heavy atom. The van der Waals surface area contributed by atoms with E-state index in [1.165, 1.54) is 63.8 Å². The third kappa shape index (κ3) is 4.12. The quantitative estimate of drug-likeness (QED) is 0.538. The van der Waals surface area contributed by atoms with Gasteiger partial charge in [-0.15, -0.1) is 0 Å². The van der Waals surface area contributed by atoms with E-state index in [0.29, 0.717) is 5.56 Å². The molecule has 0 fully saturated rings. The Morgan fingerprint density at radius 1 is 0.962 bits per heavy atom. The van der Waals surface area contributed by atoms with E-state index in [9.17, 15) is 18.5 Å². The fourth-order valence-electron chi connectivity index (χ4n) is 2.18. The van der Waals surface area contributed by atoms with Crippen molar-refractivity contribution < 1.29 is 27.6 Å². The van der Waals surface area contributed by atoms with Crippen molar-refractivity contribution in [2.24, 2.45) is 0 Å². The summed E-state index contributed by atoms with van der Waals surface area (Å²) in [5.41, 5.74) is 0.432. The number of methoxy groups -OCH3 is 3. The van der Waals surface area contributed by atoms with E-state index in [-0.39, 0.29) is 27.8 Å². The number of sulfone groups is 1. The molecule has 0 saturated heterocycles. The molecule has 0 bridgehead atoms.